The average molecular weight is 404 g/mol. The Morgan fingerprint density at radius 2 is 2.04 bits per heavy atom. The minimum absolute atomic E-state index is 0.0242. The summed E-state index contributed by atoms with van der Waals surface area (Å²) in [6.45, 7) is 2.02. The van der Waals surface area contributed by atoms with E-state index < -0.39 is 5.82 Å². The highest BCUT2D eigenvalue weighted by Crippen LogP contribution is 2.30. The average Bonchev–Trinajstić information content (AvgIpc) is 2.70. The molecule has 0 aliphatic carbocycles. The highest BCUT2D eigenvalue weighted by Gasteiger charge is 2.16. The first kappa shape index (κ1) is 20.4. The van der Waals surface area contributed by atoms with Crippen molar-refractivity contribution >= 4 is 22.5 Å². The van der Waals surface area contributed by atoms with Crippen molar-refractivity contribution < 1.29 is 14.2 Å². The topological polar surface area (TPSA) is 51.5 Å². The molecule has 3 aromatic rings. The normalized spacial score (nSPS) is 12.3. The first-order valence-corrected chi connectivity index (χ1v) is 9.63. The predicted octanol–water partition coefficient (Wildman–Crippen LogP) is 4.73. The number of methoxy groups -OCH3 is 1. The second-order valence-electron chi connectivity index (χ2n) is 6.78. The van der Waals surface area contributed by atoms with Crippen molar-refractivity contribution in [3.8, 4) is 5.75 Å². The molecule has 6 heteroatoms. The van der Waals surface area contributed by atoms with E-state index in [4.69, 9.17) is 16.3 Å². The second-order valence-corrected chi connectivity index (χ2v) is 7.19. The number of benzene rings is 2. The van der Waals surface area contributed by atoms with Gasteiger partial charge in [-0.05, 0) is 29.7 Å². The first-order valence-electron chi connectivity index (χ1n) is 9.25. The van der Waals surface area contributed by atoms with Gasteiger partial charge < -0.3 is 14.4 Å². The molecule has 148 valence electrons. The van der Waals surface area contributed by atoms with Crippen molar-refractivity contribution in [1.82, 2.24) is 4.57 Å². The number of rotatable bonds is 7. The van der Waals surface area contributed by atoms with Crippen LogP contribution in [0.3, 0.4) is 0 Å². The minimum atomic E-state index is -0.472. The van der Waals surface area contributed by atoms with Gasteiger partial charge in [0.2, 0.25) is 0 Å². The molecular formula is C22H23ClFNO3. The number of halogens is 2. The molecule has 3 rings (SSSR count). The van der Waals surface area contributed by atoms with Gasteiger partial charge in [-0.3, -0.25) is 4.79 Å². The van der Waals surface area contributed by atoms with Crippen LogP contribution in [0.5, 0.6) is 5.75 Å². The highest BCUT2D eigenvalue weighted by atomic mass is 35.5. The highest BCUT2D eigenvalue weighted by molar-refractivity contribution is 6.30. The van der Waals surface area contributed by atoms with E-state index in [-0.39, 0.29) is 29.5 Å². The molecule has 0 aliphatic rings. The molecule has 0 fully saturated rings. The summed E-state index contributed by atoms with van der Waals surface area (Å²) in [5.74, 6) is 0.0829. The second kappa shape index (κ2) is 8.76. The van der Waals surface area contributed by atoms with Crippen LogP contribution >= 0.6 is 11.6 Å². The number of aliphatic hydroxyl groups excluding tert-OH is 1. The molecule has 0 radical (unpaired) electrons. The molecule has 1 heterocycles. The summed E-state index contributed by atoms with van der Waals surface area (Å²) >= 11 is 5.89. The molecule has 0 unspecified atom stereocenters. The maximum absolute atomic E-state index is 14.4. The van der Waals surface area contributed by atoms with E-state index in [1.807, 2.05) is 11.5 Å². The van der Waals surface area contributed by atoms with Crippen LogP contribution in [-0.2, 0) is 6.42 Å². The van der Waals surface area contributed by atoms with Crippen LogP contribution < -0.4 is 10.2 Å². The minimum Gasteiger partial charge on any atom is -0.496 e. The fourth-order valence-electron chi connectivity index (χ4n) is 3.53. The van der Waals surface area contributed by atoms with Crippen molar-refractivity contribution in [2.75, 3.05) is 13.7 Å². The number of nitrogens with zero attached hydrogens (tertiary/aromatic N) is 1. The Morgan fingerprint density at radius 3 is 2.71 bits per heavy atom. The summed E-state index contributed by atoms with van der Waals surface area (Å²) in [7, 11) is 1.54. The lowest BCUT2D eigenvalue weighted by atomic mass is 10.0. The molecule has 1 atom stereocenters. The third-order valence-electron chi connectivity index (χ3n) is 4.97. The number of aliphatic hydroxyl groups is 1. The molecule has 28 heavy (non-hydrogen) atoms. The molecule has 0 saturated heterocycles. The summed E-state index contributed by atoms with van der Waals surface area (Å²) in [5, 5.41) is 10.4. The van der Waals surface area contributed by atoms with Gasteiger partial charge in [0.25, 0.3) is 0 Å². The van der Waals surface area contributed by atoms with Crippen LogP contribution in [0.15, 0.2) is 47.4 Å². The maximum atomic E-state index is 14.4. The Balaban J connectivity index is 2.17. The van der Waals surface area contributed by atoms with E-state index in [2.05, 4.69) is 0 Å². The fraction of sp³-hybridized carbons (Fsp3) is 0.318. The van der Waals surface area contributed by atoms with Gasteiger partial charge in [0.15, 0.2) is 5.43 Å². The van der Waals surface area contributed by atoms with E-state index in [1.54, 1.807) is 37.6 Å². The maximum Gasteiger partial charge on any atom is 0.189 e. The molecule has 4 nitrogen and oxygen atoms in total. The lowest BCUT2D eigenvalue weighted by Crippen LogP contribution is -2.17. The Kier molecular flexibility index (Phi) is 6.37. The van der Waals surface area contributed by atoms with Crippen molar-refractivity contribution in [2.45, 2.75) is 32.2 Å². The van der Waals surface area contributed by atoms with Gasteiger partial charge in [-0.15, -0.1) is 0 Å². The smallest absolute Gasteiger partial charge is 0.189 e. The Morgan fingerprint density at radius 1 is 1.25 bits per heavy atom. The van der Waals surface area contributed by atoms with Crippen LogP contribution in [0, 0.1) is 5.82 Å². The number of hydrogen-bond donors (Lipinski definition) is 1. The van der Waals surface area contributed by atoms with Crippen molar-refractivity contribution in [3.63, 3.8) is 0 Å². The fourth-order valence-corrected chi connectivity index (χ4v) is 3.73. The quantitative estimate of drug-likeness (QED) is 0.620. The third kappa shape index (κ3) is 3.91. The number of fused-ring (bicyclic) bond motifs is 1. The summed E-state index contributed by atoms with van der Waals surface area (Å²) in [6.07, 6.45) is 3.64. The number of pyridine rings is 1. The standard InChI is InChI=1S/C22H23ClFNO3/c1-3-5-16(13-26)25-9-8-20(27)17-11-15(21(28-2)12-19(17)25)10-14-6-4-7-18(23)22(14)24/h4,6-9,11-12,16,26H,3,5,10,13H2,1-2H3/t16-/m0/s1. The van der Waals surface area contributed by atoms with Crippen LogP contribution in [-0.4, -0.2) is 23.4 Å². The van der Waals surface area contributed by atoms with E-state index >= 15 is 0 Å². The molecule has 0 amide bonds. The van der Waals surface area contributed by atoms with Gasteiger partial charge in [0.05, 0.1) is 30.3 Å². The molecule has 0 spiro atoms. The Bertz CT molecular complexity index is 1050. The summed E-state index contributed by atoms with van der Waals surface area (Å²) in [5.41, 5.74) is 1.68. The zero-order valence-electron chi connectivity index (χ0n) is 15.9. The summed E-state index contributed by atoms with van der Waals surface area (Å²) in [4.78, 5) is 12.5. The Hall–Kier alpha value is -2.37. The van der Waals surface area contributed by atoms with E-state index in [9.17, 15) is 14.3 Å². The molecule has 1 aromatic heterocycles. The van der Waals surface area contributed by atoms with Crippen LogP contribution in [0.4, 0.5) is 4.39 Å². The largest absolute Gasteiger partial charge is 0.496 e. The molecule has 1 N–H and O–H groups in total. The Labute approximate surface area is 168 Å². The van der Waals surface area contributed by atoms with Gasteiger partial charge in [0.1, 0.15) is 11.6 Å². The van der Waals surface area contributed by atoms with Gasteiger partial charge in [-0.1, -0.05) is 37.1 Å². The van der Waals surface area contributed by atoms with E-state index in [1.165, 1.54) is 12.1 Å². The SMILES string of the molecule is CCC[C@@H](CO)n1ccc(=O)c2cc(Cc3cccc(Cl)c3F)c(OC)cc21. The van der Waals surface area contributed by atoms with Crippen LogP contribution in [0.25, 0.3) is 10.9 Å². The molecule has 0 saturated carbocycles. The van der Waals surface area contributed by atoms with Gasteiger partial charge >= 0.3 is 0 Å². The zero-order valence-corrected chi connectivity index (χ0v) is 16.7. The molecule has 2 aromatic carbocycles. The summed E-state index contributed by atoms with van der Waals surface area (Å²) < 4.78 is 21.8. The van der Waals surface area contributed by atoms with Gasteiger partial charge in [0, 0.05) is 30.1 Å². The molecule has 0 aliphatic heterocycles. The van der Waals surface area contributed by atoms with Gasteiger partial charge in [-0.25, -0.2) is 4.39 Å². The van der Waals surface area contributed by atoms with Gasteiger partial charge in [-0.2, -0.15) is 0 Å². The van der Waals surface area contributed by atoms with E-state index in [0.29, 0.717) is 27.8 Å². The van der Waals surface area contributed by atoms with Crippen LogP contribution in [0.2, 0.25) is 5.02 Å². The van der Waals surface area contributed by atoms with Crippen molar-refractivity contribution in [2.24, 2.45) is 0 Å². The van der Waals surface area contributed by atoms with Crippen LogP contribution in [0.1, 0.15) is 36.9 Å². The summed E-state index contributed by atoms with van der Waals surface area (Å²) in [6, 6.07) is 9.75. The lowest BCUT2D eigenvalue weighted by Gasteiger charge is -2.21. The third-order valence-corrected chi connectivity index (χ3v) is 5.26. The van der Waals surface area contributed by atoms with Crippen molar-refractivity contribution in [1.29, 1.82) is 0 Å². The monoisotopic (exact) mass is 403 g/mol. The first-order chi connectivity index (χ1) is 13.5. The molecular weight excluding hydrogens is 381 g/mol. The predicted molar refractivity (Wildman–Crippen MR) is 110 cm³/mol. The lowest BCUT2D eigenvalue weighted by molar-refractivity contribution is 0.222. The number of ether oxygens (including phenoxy) is 1. The number of aromatic nitrogens is 1. The van der Waals surface area contributed by atoms with E-state index in [0.717, 1.165) is 12.8 Å². The van der Waals surface area contributed by atoms with Crippen molar-refractivity contribution in [3.05, 3.63) is 74.8 Å². The zero-order chi connectivity index (χ0) is 20.3. The molecule has 0 bridgehead atoms. The number of hydrogen-bond acceptors (Lipinski definition) is 3.